The molecule has 9 heteroatoms. The summed E-state index contributed by atoms with van der Waals surface area (Å²) in [6.45, 7) is 1.59. The Balaban J connectivity index is 1.86. The van der Waals surface area contributed by atoms with Crippen molar-refractivity contribution >= 4 is 5.91 Å². The Hall–Kier alpha value is -2.42. The van der Waals surface area contributed by atoms with Crippen molar-refractivity contribution < 1.29 is 18.0 Å². The molecule has 1 aromatic carbocycles. The van der Waals surface area contributed by atoms with Crippen LogP contribution in [0.4, 0.5) is 13.2 Å². The van der Waals surface area contributed by atoms with E-state index in [0.29, 0.717) is 19.6 Å². The molecule has 1 amide bonds. The van der Waals surface area contributed by atoms with Crippen LogP contribution in [0.2, 0.25) is 0 Å². The van der Waals surface area contributed by atoms with Crippen molar-refractivity contribution in [2.24, 2.45) is 11.7 Å². The highest BCUT2D eigenvalue weighted by atomic mass is 19.4. The lowest BCUT2D eigenvalue weighted by molar-refractivity contribution is -0.137. The first-order valence-corrected chi connectivity index (χ1v) is 7.48. The van der Waals surface area contributed by atoms with E-state index in [2.05, 4.69) is 10.3 Å². The van der Waals surface area contributed by atoms with Gasteiger partial charge in [-0.25, -0.2) is 4.68 Å². The number of alkyl halides is 3. The molecule has 2 N–H and O–H groups in total. The van der Waals surface area contributed by atoms with Crippen molar-refractivity contribution in [2.75, 3.05) is 19.6 Å². The first kappa shape index (κ1) is 16.4. The van der Waals surface area contributed by atoms with Crippen LogP contribution in [-0.2, 0) is 6.18 Å². The summed E-state index contributed by atoms with van der Waals surface area (Å²) in [5.74, 6) is -0.100. The molecule has 1 aliphatic heterocycles. The van der Waals surface area contributed by atoms with E-state index in [-0.39, 0.29) is 23.2 Å². The molecule has 1 aliphatic rings. The van der Waals surface area contributed by atoms with Crippen LogP contribution in [0.1, 0.15) is 22.5 Å². The minimum atomic E-state index is -4.52. The van der Waals surface area contributed by atoms with Gasteiger partial charge in [0.15, 0.2) is 5.69 Å². The van der Waals surface area contributed by atoms with Gasteiger partial charge in [-0.05, 0) is 31.0 Å². The number of rotatable bonds is 3. The second-order valence-electron chi connectivity index (χ2n) is 5.70. The van der Waals surface area contributed by atoms with E-state index in [1.54, 1.807) is 4.90 Å². The third-order valence-corrected chi connectivity index (χ3v) is 4.08. The van der Waals surface area contributed by atoms with Crippen LogP contribution in [0.15, 0.2) is 30.5 Å². The highest BCUT2D eigenvalue weighted by Crippen LogP contribution is 2.33. The maximum atomic E-state index is 13.1. The van der Waals surface area contributed by atoms with Gasteiger partial charge in [-0.1, -0.05) is 17.3 Å². The summed E-state index contributed by atoms with van der Waals surface area (Å²) in [5.41, 5.74) is 4.61. The van der Waals surface area contributed by atoms with Gasteiger partial charge < -0.3 is 10.6 Å². The number of hydrogen-bond acceptors (Lipinski definition) is 4. The number of likely N-dealkylation sites (tertiary alicyclic amines) is 1. The summed E-state index contributed by atoms with van der Waals surface area (Å²) in [6, 6.07) is 5.02. The minimum absolute atomic E-state index is 0.0182. The SMILES string of the molecule is NCC1CCN(C(=O)c2cn(-c3ccccc3C(F)(F)F)nn2)C1. The molecular formula is C15H16F3N5O. The number of benzene rings is 1. The fourth-order valence-electron chi connectivity index (χ4n) is 2.76. The molecule has 24 heavy (non-hydrogen) atoms. The molecule has 6 nitrogen and oxygen atoms in total. The molecule has 0 saturated carbocycles. The Morgan fingerprint density at radius 1 is 1.33 bits per heavy atom. The lowest BCUT2D eigenvalue weighted by Gasteiger charge is -2.14. The van der Waals surface area contributed by atoms with Crippen molar-refractivity contribution in [2.45, 2.75) is 12.6 Å². The highest BCUT2D eigenvalue weighted by molar-refractivity contribution is 5.92. The fourth-order valence-corrected chi connectivity index (χ4v) is 2.76. The molecule has 2 heterocycles. The lowest BCUT2D eigenvalue weighted by Crippen LogP contribution is -2.30. The molecule has 0 spiro atoms. The first-order valence-electron chi connectivity index (χ1n) is 7.48. The zero-order valence-electron chi connectivity index (χ0n) is 12.7. The summed E-state index contributed by atoms with van der Waals surface area (Å²) >= 11 is 0. The van der Waals surface area contributed by atoms with Crippen molar-refractivity contribution in [1.82, 2.24) is 19.9 Å². The maximum Gasteiger partial charge on any atom is 0.418 e. The lowest BCUT2D eigenvalue weighted by atomic mass is 10.1. The predicted octanol–water partition coefficient (Wildman–Crippen LogP) is 1.71. The Kier molecular flexibility index (Phi) is 4.27. The molecular weight excluding hydrogens is 323 g/mol. The highest BCUT2D eigenvalue weighted by Gasteiger charge is 2.34. The Morgan fingerprint density at radius 2 is 2.08 bits per heavy atom. The maximum absolute atomic E-state index is 13.1. The molecule has 3 rings (SSSR count). The number of amides is 1. The number of para-hydroxylation sites is 1. The van der Waals surface area contributed by atoms with Gasteiger partial charge in [-0.2, -0.15) is 13.2 Å². The number of carbonyl (C=O) groups excluding carboxylic acids is 1. The number of nitrogens with zero attached hydrogens (tertiary/aromatic N) is 4. The summed E-state index contributed by atoms with van der Waals surface area (Å²) in [5, 5.41) is 7.42. The standard InChI is InChI=1S/C15H16F3N5O/c16-15(17,18)11-3-1-2-4-13(11)23-9-12(20-21-23)14(24)22-6-5-10(7-19)8-22/h1-4,9-10H,5-8,19H2. The van der Waals surface area contributed by atoms with Crippen molar-refractivity contribution in [1.29, 1.82) is 0 Å². The fraction of sp³-hybridized carbons (Fsp3) is 0.400. The largest absolute Gasteiger partial charge is 0.418 e. The number of nitrogens with two attached hydrogens (primary N) is 1. The van der Waals surface area contributed by atoms with Crippen LogP contribution < -0.4 is 5.73 Å². The number of hydrogen-bond donors (Lipinski definition) is 1. The number of halogens is 3. The zero-order chi connectivity index (χ0) is 17.3. The van der Waals surface area contributed by atoms with Gasteiger partial charge in [0, 0.05) is 13.1 Å². The molecule has 1 fully saturated rings. The molecule has 1 saturated heterocycles. The molecule has 2 aromatic rings. The van der Waals surface area contributed by atoms with E-state index in [0.717, 1.165) is 17.2 Å². The Bertz CT molecular complexity index is 743. The van der Waals surface area contributed by atoms with Gasteiger partial charge in [0.05, 0.1) is 17.4 Å². The minimum Gasteiger partial charge on any atom is -0.337 e. The summed E-state index contributed by atoms with van der Waals surface area (Å²) in [6.07, 6.45) is -2.48. The summed E-state index contributed by atoms with van der Waals surface area (Å²) in [7, 11) is 0. The normalized spacial score (nSPS) is 18.2. The Labute approximate surface area is 136 Å². The second-order valence-corrected chi connectivity index (χ2v) is 5.70. The van der Waals surface area contributed by atoms with E-state index in [4.69, 9.17) is 5.73 Å². The van der Waals surface area contributed by atoms with Crippen molar-refractivity contribution in [3.05, 3.63) is 41.7 Å². The quantitative estimate of drug-likeness (QED) is 0.923. The van der Waals surface area contributed by atoms with Crippen LogP contribution >= 0.6 is 0 Å². The molecule has 128 valence electrons. The van der Waals surface area contributed by atoms with Crippen LogP contribution in [0, 0.1) is 5.92 Å². The van der Waals surface area contributed by atoms with Gasteiger partial charge >= 0.3 is 6.18 Å². The van der Waals surface area contributed by atoms with Gasteiger partial charge in [0.25, 0.3) is 5.91 Å². The van der Waals surface area contributed by atoms with Crippen LogP contribution in [0.3, 0.4) is 0 Å². The van der Waals surface area contributed by atoms with Gasteiger partial charge in [0.1, 0.15) is 0 Å². The van der Waals surface area contributed by atoms with Crippen LogP contribution in [0.25, 0.3) is 5.69 Å². The average molecular weight is 339 g/mol. The first-order chi connectivity index (χ1) is 11.4. The molecule has 1 aromatic heterocycles. The van der Waals surface area contributed by atoms with Crippen LogP contribution in [-0.4, -0.2) is 45.4 Å². The van der Waals surface area contributed by atoms with E-state index >= 15 is 0 Å². The number of carbonyl (C=O) groups is 1. The smallest absolute Gasteiger partial charge is 0.337 e. The predicted molar refractivity (Wildman–Crippen MR) is 79.4 cm³/mol. The summed E-state index contributed by atoms with van der Waals surface area (Å²) < 4.78 is 40.2. The summed E-state index contributed by atoms with van der Waals surface area (Å²) in [4.78, 5) is 14.0. The average Bonchev–Trinajstić information content (AvgIpc) is 3.23. The van der Waals surface area contributed by atoms with Crippen LogP contribution in [0.5, 0.6) is 0 Å². The van der Waals surface area contributed by atoms with E-state index in [1.807, 2.05) is 0 Å². The van der Waals surface area contributed by atoms with E-state index in [1.165, 1.54) is 24.4 Å². The van der Waals surface area contributed by atoms with E-state index in [9.17, 15) is 18.0 Å². The number of aromatic nitrogens is 3. The van der Waals surface area contributed by atoms with Crippen molar-refractivity contribution in [3.8, 4) is 5.69 Å². The second kappa shape index (κ2) is 6.23. The van der Waals surface area contributed by atoms with Gasteiger partial charge in [-0.15, -0.1) is 5.10 Å². The van der Waals surface area contributed by atoms with Gasteiger partial charge in [0.2, 0.25) is 0 Å². The van der Waals surface area contributed by atoms with Gasteiger partial charge in [-0.3, -0.25) is 4.79 Å². The molecule has 1 unspecified atom stereocenters. The molecule has 0 bridgehead atoms. The zero-order valence-corrected chi connectivity index (χ0v) is 12.7. The third-order valence-electron chi connectivity index (χ3n) is 4.08. The van der Waals surface area contributed by atoms with E-state index < -0.39 is 11.7 Å². The van der Waals surface area contributed by atoms with Crippen molar-refractivity contribution in [3.63, 3.8) is 0 Å². The topological polar surface area (TPSA) is 77.0 Å². The molecule has 0 radical (unpaired) electrons. The molecule has 1 atom stereocenters. The Morgan fingerprint density at radius 3 is 2.75 bits per heavy atom. The third kappa shape index (κ3) is 3.12. The molecule has 0 aliphatic carbocycles. The monoisotopic (exact) mass is 339 g/mol.